The molecule has 1 aromatic heterocycles. The molecule has 2 saturated carbocycles. The number of aromatic nitrogens is 1. The Balaban J connectivity index is 1.15. The van der Waals surface area contributed by atoms with Crippen molar-refractivity contribution in [3.63, 3.8) is 0 Å². The second-order valence-corrected chi connectivity index (χ2v) is 14.5. The van der Waals surface area contributed by atoms with Crippen LogP contribution in [0.2, 0.25) is 0 Å². The number of ketones is 1. The Labute approximate surface area is 285 Å². The Morgan fingerprint density at radius 3 is 2.23 bits per heavy atom. The molecule has 10 nitrogen and oxygen atoms in total. The van der Waals surface area contributed by atoms with Gasteiger partial charge in [0.15, 0.2) is 6.61 Å². The third-order valence-electron chi connectivity index (χ3n) is 9.65. The van der Waals surface area contributed by atoms with Crippen LogP contribution in [0.4, 0.5) is 11.4 Å². The van der Waals surface area contributed by atoms with Crippen LogP contribution in [-0.2, 0) is 14.3 Å². The molecule has 47 heavy (non-hydrogen) atoms. The maximum Gasteiger partial charge on any atom is 0.339 e. The van der Waals surface area contributed by atoms with Gasteiger partial charge in [0.05, 0.1) is 39.2 Å². The van der Waals surface area contributed by atoms with E-state index in [4.69, 9.17) is 9.72 Å². The molecular formula is C35H27Br2N3O7. The van der Waals surface area contributed by atoms with Gasteiger partial charge in [-0.2, -0.15) is 0 Å². The van der Waals surface area contributed by atoms with Crippen LogP contribution < -0.4 is 4.90 Å². The first kappa shape index (κ1) is 31.3. The number of aryl methyl sites for hydroxylation is 2. The summed E-state index contributed by atoms with van der Waals surface area (Å²) in [6.45, 7) is 2.85. The number of nitro groups is 1. The molecule has 238 valence electrons. The van der Waals surface area contributed by atoms with Gasteiger partial charge in [-0.05, 0) is 62.4 Å². The number of fused-ring (bicyclic) bond motifs is 6. The van der Waals surface area contributed by atoms with E-state index in [2.05, 4.69) is 31.9 Å². The predicted octanol–water partition coefficient (Wildman–Crippen LogP) is 6.75. The summed E-state index contributed by atoms with van der Waals surface area (Å²) in [4.78, 5) is 70.4. The third-order valence-corrected chi connectivity index (χ3v) is 12.9. The number of anilines is 1. The normalized spacial score (nSPS) is 24.6. The van der Waals surface area contributed by atoms with Crippen LogP contribution in [0.5, 0.6) is 0 Å². The zero-order valence-corrected chi connectivity index (χ0v) is 28.4. The number of rotatable bonds is 7. The fourth-order valence-electron chi connectivity index (χ4n) is 7.31. The van der Waals surface area contributed by atoms with Gasteiger partial charge in [-0.25, -0.2) is 9.78 Å². The molecule has 12 heteroatoms. The van der Waals surface area contributed by atoms with Gasteiger partial charge in [-0.3, -0.25) is 29.4 Å². The van der Waals surface area contributed by atoms with Crippen molar-refractivity contribution in [3.05, 3.63) is 99.1 Å². The lowest BCUT2D eigenvalue weighted by atomic mass is 9.81. The van der Waals surface area contributed by atoms with Gasteiger partial charge < -0.3 is 4.74 Å². The van der Waals surface area contributed by atoms with Crippen molar-refractivity contribution >= 4 is 77.7 Å². The molecule has 6 unspecified atom stereocenters. The molecule has 2 bridgehead atoms. The number of hydrogen-bond donors (Lipinski definition) is 0. The number of Topliss-reactive ketones (excluding diaryl/α,β-unsaturated/α-hetero) is 1. The maximum absolute atomic E-state index is 13.5. The average Bonchev–Trinajstić information content (AvgIpc) is 3.67. The summed E-state index contributed by atoms with van der Waals surface area (Å²) < 4.78 is 5.42. The molecule has 3 fully saturated rings. The van der Waals surface area contributed by atoms with E-state index in [0.717, 1.165) is 12.0 Å². The Morgan fingerprint density at radius 1 is 0.936 bits per heavy atom. The van der Waals surface area contributed by atoms with Crippen LogP contribution in [0.1, 0.15) is 38.3 Å². The first-order valence-corrected chi connectivity index (χ1v) is 16.9. The van der Waals surface area contributed by atoms with E-state index < -0.39 is 23.3 Å². The Hall–Kier alpha value is -4.29. The number of ether oxygens (including phenoxy) is 1. The smallest absolute Gasteiger partial charge is 0.339 e. The van der Waals surface area contributed by atoms with Gasteiger partial charge in [-0.1, -0.05) is 67.8 Å². The predicted molar refractivity (Wildman–Crippen MR) is 181 cm³/mol. The summed E-state index contributed by atoms with van der Waals surface area (Å²) >= 11 is 7.44. The van der Waals surface area contributed by atoms with E-state index >= 15 is 0 Å². The number of esters is 1. The number of pyridine rings is 1. The summed E-state index contributed by atoms with van der Waals surface area (Å²) in [5, 5.41) is 11.9. The van der Waals surface area contributed by atoms with E-state index in [0.29, 0.717) is 33.4 Å². The Kier molecular flexibility index (Phi) is 7.83. The van der Waals surface area contributed by atoms with E-state index in [9.17, 15) is 29.3 Å². The van der Waals surface area contributed by atoms with Gasteiger partial charge >= 0.3 is 5.97 Å². The Bertz CT molecular complexity index is 2000. The van der Waals surface area contributed by atoms with Crippen molar-refractivity contribution in [1.29, 1.82) is 0 Å². The van der Waals surface area contributed by atoms with Crippen LogP contribution in [0, 0.1) is 47.6 Å². The molecule has 3 aliphatic rings. The molecule has 1 aliphatic heterocycles. The third kappa shape index (κ3) is 5.18. The number of carbonyl (C=O) groups is 4. The number of amides is 2. The molecule has 2 amide bonds. The largest absolute Gasteiger partial charge is 0.454 e. The van der Waals surface area contributed by atoms with Crippen molar-refractivity contribution < 1.29 is 28.8 Å². The lowest BCUT2D eigenvalue weighted by molar-refractivity contribution is -0.385. The number of benzene rings is 3. The number of alkyl halides is 2. The molecular weight excluding hydrogens is 734 g/mol. The highest BCUT2D eigenvalue weighted by Crippen LogP contribution is 2.60. The minimum Gasteiger partial charge on any atom is -0.454 e. The lowest BCUT2D eigenvalue weighted by Crippen LogP contribution is -2.37. The number of nitro benzene ring substituents is 1. The molecule has 7 rings (SSSR count). The van der Waals surface area contributed by atoms with Gasteiger partial charge in [0, 0.05) is 37.8 Å². The minimum atomic E-state index is -0.750. The van der Waals surface area contributed by atoms with Crippen molar-refractivity contribution in [2.75, 3.05) is 11.5 Å². The molecule has 0 N–H and O–H groups in total. The number of imide groups is 1. The molecule has 6 atom stereocenters. The second-order valence-electron chi connectivity index (χ2n) is 12.4. The lowest BCUT2D eigenvalue weighted by Gasteiger charge is -2.28. The second kappa shape index (κ2) is 11.7. The van der Waals surface area contributed by atoms with E-state index in [1.54, 1.807) is 49.4 Å². The molecule has 4 aromatic rings. The quantitative estimate of drug-likeness (QED) is 0.0504. The number of hydrogen-bond acceptors (Lipinski definition) is 8. The first-order valence-electron chi connectivity index (χ1n) is 15.1. The van der Waals surface area contributed by atoms with E-state index in [-0.39, 0.29) is 62.0 Å². The van der Waals surface area contributed by atoms with Crippen LogP contribution in [0.15, 0.2) is 66.7 Å². The Morgan fingerprint density at radius 2 is 1.60 bits per heavy atom. The number of nitrogens with zero attached hydrogens (tertiary/aromatic N) is 3. The standard InChI is InChI=1S/C35H27Br2N3O7/c1-16-3-10-25-21(11-16)22(35(44)47-15-28(41)19-5-4-17(2)27(12-19)40(45)46)14-26(38-25)18-6-8-20(9-7-18)39-33(42)29-23-13-24(30(29)34(39)43)32(37)31(23)36/h3-12,14,23-24,29-32H,13,15H2,1-2H3. The fourth-order valence-corrected chi connectivity index (χ4v) is 9.19. The molecule has 2 aliphatic carbocycles. The highest BCUT2D eigenvalue weighted by atomic mass is 79.9. The molecule has 0 spiro atoms. The number of halogens is 2. The maximum atomic E-state index is 13.5. The summed E-state index contributed by atoms with van der Waals surface area (Å²) in [6, 6.07) is 18.1. The van der Waals surface area contributed by atoms with Gasteiger partial charge in [-0.15, -0.1) is 0 Å². The summed E-state index contributed by atoms with van der Waals surface area (Å²) in [6.07, 6.45) is 0.853. The molecule has 2 heterocycles. The van der Waals surface area contributed by atoms with Gasteiger partial charge in [0.2, 0.25) is 17.6 Å². The van der Waals surface area contributed by atoms with Crippen molar-refractivity contribution in [2.24, 2.45) is 23.7 Å². The zero-order chi connectivity index (χ0) is 33.3. The highest BCUT2D eigenvalue weighted by Gasteiger charge is 2.66. The van der Waals surface area contributed by atoms with Crippen LogP contribution >= 0.6 is 31.9 Å². The van der Waals surface area contributed by atoms with E-state index in [1.807, 2.05) is 13.0 Å². The zero-order valence-electron chi connectivity index (χ0n) is 25.2. The van der Waals surface area contributed by atoms with Crippen LogP contribution in [0.3, 0.4) is 0 Å². The topological polar surface area (TPSA) is 137 Å². The molecule has 0 radical (unpaired) electrons. The average molecular weight is 761 g/mol. The van der Waals surface area contributed by atoms with Crippen LogP contribution in [0.25, 0.3) is 22.2 Å². The molecule has 1 saturated heterocycles. The monoisotopic (exact) mass is 759 g/mol. The fraction of sp³-hybridized carbons (Fsp3) is 0.286. The SMILES string of the molecule is Cc1ccc2nc(-c3ccc(N4C(=O)C5C6CC(C(Br)C6Br)C5C4=O)cc3)cc(C(=O)OCC(=O)c3ccc(C)c([N+](=O)[O-])c3)c2c1. The summed E-state index contributed by atoms with van der Waals surface area (Å²) in [7, 11) is 0. The van der Waals surface area contributed by atoms with Crippen molar-refractivity contribution in [3.8, 4) is 11.3 Å². The van der Waals surface area contributed by atoms with Gasteiger partial charge in [0.25, 0.3) is 5.69 Å². The first-order chi connectivity index (χ1) is 22.4. The summed E-state index contributed by atoms with van der Waals surface area (Å²) in [5.74, 6) is -2.07. The van der Waals surface area contributed by atoms with Crippen molar-refractivity contribution in [1.82, 2.24) is 4.98 Å². The summed E-state index contributed by atoms with van der Waals surface area (Å²) in [5.41, 5.74) is 3.50. The van der Waals surface area contributed by atoms with E-state index in [1.165, 1.54) is 23.1 Å². The molecule has 3 aromatic carbocycles. The highest BCUT2D eigenvalue weighted by molar-refractivity contribution is 9.12. The van der Waals surface area contributed by atoms with Crippen LogP contribution in [-0.4, -0.2) is 49.7 Å². The van der Waals surface area contributed by atoms with Crippen molar-refractivity contribution in [2.45, 2.75) is 29.9 Å². The van der Waals surface area contributed by atoms with Gasteiger partial charge in [0.1, 0.15) is 0 Å². The number of carbonyl (C=O) groups excluding carboxylic acids is 4. The minimum absolute atomic E-state index is 0.0663.